The molecule has 1 heterocycles. The molecule has 0 unspecified atom stereocenters. The van der Waals surface area contributed by atoms with Gasteiger partial charge in [-0.25, -0.2) is 4.98 Å². The van der Waals surface area contributed by atoms with Crippen molar-refractivity contribution in [1.29, 1.82) is 0 Å². The molecule has 0 spiro atoms. The first-order valence-corrected chi connectivity index (χ1v) is 4.58. The van der Waals surface area contributed by atoms with Crippen LogP contribution in [0.3, 0.4) is 0 Å². The van der Waals surface area contributed by atoms with E-state index in [1.807, 2.05) is 6.20 Å². The van der Waals surface area contributed by atoms with Crippen LogP contribution >= 0.6 is 11.3 Å². The Labute approximate surface area is 69.8 Å². The first kappa shape index (κ1) is 6.85. The number of nitrogen functional groups attached to an aromatic ring is 1. The average Bonchev–Trinajstić information content (AvgIpc) is 2.55. The maximum absolute atomic E-state index is 5.53. The molecule has 0 aromatic carbocycles. The summed E-state index contributed by atoms with van der Waals surface area (Å²) >= 11 is 1.58. The molecule has 0 bridgehead atoms. The molecule has 0 saturated heterocycles. The SMILES string of the molecule is Nc1ncc(C2=CCCC2)s1. The number of rotatable bonds is 1. The molecule has 2 nitrogen and oxygen atoms in total. The monoisotopic (exact) mass is 166 g/mol. The lowest BCUT2D eigenvalue weighted by molar-refractivity contribution is 0.936. The zero-order chi connectivity index (χ0) is 7.68. The van der Waals surface area contributed by atoms with Gasteiger partial charge in [-0.3, -0.25) is 0 Å². The number of nitrogens with two attached hydrogens (primary N) is 1. The molecule has 1 aromatic rings. The number of anilines is 1. The van der Waals surface area contributed by atoms with Gasteiger partial charge in [0.25, 0.3) is 0 Å². The van der Waals surface area contributed by atoms with Crippen molar-refractivity contribution >= 4 is 22.0 Å². The minimum atomic E-state index is 0.674. The van der Waals surface area contributed by atoms with Crippen LogP contribution in [0.25, 0.3) is 5.57 Å². The predicted molar refractivity (Wildman–Crippen MR) is 48.4 cm³/mol. The second-order valence-electron chi connectivity index (χ2n) is 2.68. The van der Waals surface area contributed by atoms with Crippen LogP contribution in [-0.2, 0) is 0 Å². The molecule has 0 aliphatic heterocycles. The molecular formula is C8H10N2S. The lowest BCUT2D eigenvalue weighted by Crippen LogP contribution is -1.77. The van der Waals surface area contributed by atoms with Crippen molar-refractivity contribution in [2.24, 2.45) is 0 Å². The number of thiazole rings is 1. The molecule has 0 saturated carbocycles. The van der Waals surface area contributed by atoms with Gasteiger partial charge in [0.2, 0.25) is 0 Å². The van der Waals surface area contributed by atoms with E-state index in [9.17, 15) is 0 Å². The highest BCUT2D eigenvalue weighted by Gasteiger charge is 2.08. The molecule has 0 fully saturated rings. The fraction of sp³-hybridized carbons (Fsp3) is 0.375. The van der Waals surface area contributed by atoms with Crippen molar-refractivity contribution in [1.82, 2.24) is 4.98 Å². The van der Waals surface area contributed by atoms with Crippen LogP contribution in [0, 0.1) is 0 Å². The first-order chi connectivity index (χ1) is 5.36. The topological polar surface area (TPSA) is 38.9 Å². The van der Waals surface area contributed by atoms with Crippen LogP contribution in [0.2, 0.25) is 0 Å². The molecule has 1 aliphatic carbocycles. The maximum atomic E-state index is 5.53. The summed E-state index contributed by atoms with van der Waals surface area (Å²) in [6, 6.07) is 0. The summed E-state index contributed by atoms with van der Waals surface area (Å²) in [5, 5.41) is 0.674. The molecule has 0 atom stereocenters. The second kappa shape index (κ2) is 2.66. The summed E-state index contributed by atoms with van der Waals surface area (Å²) in [5.41, 5.74) is 6.96. The summed E-state index contributed by atoms with van der Waals surface area (Å²) in [5.74, 6) is 0. The van der Waals surface area contributed by atoms with E-state index in [4.69, 9.17) is 5.73 Å². The third-order valence-corrected chi connectivity index (χ3v) is 2.78. The second-order valence-corrected chi connectivity index (χ2v) is 3.75. The van der Waals surface area contributed by atoms with Gasteiger partial charge in [0.05, 0.1) is 4.88 Å². The Bertz CT molecular complexity index is 288. The molecule has 1 aromatic heterocycles. The number of hydrogen-bond donors (Lipinski definition) is 1. The Balaban J connectivity index is 2.28. The summed E-state index contributed by atoms with van der Waals surface area (Å²) in [4.78, 5) is 5.27. The predicted octanol–water partition coefficient (Wildman–Crippen LogP) is 2.29. The lowest BCUT2D eigenvalue weighted by Gasteiger charge is -1.92. The highest BCUT2D eigenvalue weighted by molar-refractivity contribution is 7.16. The number of hydrogen-bond acceptors (Lipinski definition) is 3. The van der Waals surface area contributed by atoms with Crippen molar-refractivity contribution in [3.63, 3.8) is 0 Å². The summed E-state index contributed by atoms with van der Waals surface area (Å²) in [6.45, 7) is 0. The molecular weight excluding hydrogens is 156 g/mol. The third kappa shape index (κ3) is 1.28. The van der Waals surface area contributed by atoms with Gasteiger partial charge in [0, 0.05) is 6.20 Å². The quantitative estimate of drug-likeness (QED) is 0.695. The van der Waals surface area contributed by atoms with Crippen LogP contribution < -0.4 is 5.73 Å². The van der Waals surface area contributed by atoms with E-state index in [-0.39, 0.29) is 0 Å². The van der Waals surface area contributed by atoms with E-state index >= 15 is 0 Å². The normalized spacial score (nSPS) is 16.9. The molecule has 58 valence electrons. The van der Waals surface area contributed by atoms with E-state index in [2.05, 4.69) is 11.1 Å². The molecule has 2 rings (SSSR count). The van der Waals surface area contributed by atoms with Crippen LogP contribution in [0.15, 0.2) is 12.3 Å². The van der Waals surface area contributed by atoms with E-state index < -0.39 is 0 Å². The van der Waals surface area contributed by atoms with Crippen molar-refractivity contribution in [3.05, 3.63) is 17.2 Å². The van der Waals surface area contributed by atoms with Crippen molar-refractivity contribution in [3.8, 4) is 0 Å². The van der Waals surface area contributed by atoms with Crippen LogP contribution in [0.4, 0.5) is 5.13 Å². The number of aromatic nitrogens is 1. The number of nitrogens with zero attached hydrogens (tertiary/aromatic N) is 1. The van der Waals surface area contributed by atoms with Gasteiger partial charge >= 0.3 is 0 Å². The molecule has 11 heavy (non-hydrogen) atoms. The van der Waals surface area contributed by atoms with Gasteiger partial charge in [-0.1, -0.05) is 17.4 Å². The zero-order valence-corrected chi connectivity index (χ0v) is 7.03. The lowest BCUT2D eigenvalue weighted by atomic mass is 10.2. The van der Waals surface area contributed by atoms with E-state index in [1.54, 1.807) is 11.3 Å². The zero-order valence-electron chi connectivity index (χ0n) is 6.21. The number of allylic oxidation sites excluding steroid dienone is 2. The molecule has 1 aliphatic rings. The van der Waals surface area contributed by atoms with Gasteiger partial charge in [0.1, 0.15) is 0 Å². The Morgan fingerprint density at radius 1 is 1.55 bits per heavy atom. The molecule has 0 amide bonds. The van der Waals surface area contributed by atoms with E-state index in [0.717, 1.165) is 0 Å². The molecule has 0 radical (unpaired) electrons. The average molecular weight is 166 g/mol. The Morgan fingerprint density at radius 3 is 3.00 bits per heavy atom. The van der Waals surface area contributed by atoms with Crippen LogP contribution in [0.5, 0.6) is 0 Å². The summed E-state index contributed by atoms with van der Waals surface area (Å²) < 4.78 is 0. The van der Waals surface area contributed by atoms with Gasteiger partial charge in [0.15, 0.2) is 5.13 Å². The Kier molecular flexibility index (Phi) is 1.66. The Morgan fingerprint density at radius 2 is 2.45 bits per heavy atom. The maximum Gasteiger partial charge on any atom is 0.180 e. The summed E-state index contributed by atoms with van der Waals surface area (Å²) in [6.07, 6.45) is 7.85. The van der Waals surface area contributed by atoms with Crippen molar-refractivity contribution in [2.45, 2.75) is 19.3 Å². The highest BCUT2D eigenvalue weighted by atomic mass is 32.1. The van der Waals surface area contributed by atoms with Crippen LogP contribution in [-0.4, -0.2) is 4.98 Å². The van der Waals surface area contributed by atoms with Gasteiger partial charge in [-0.15, -0.1) is 0 Å². The molecule has 2 N–H and O–H groups in total. The third-order valence-electron chi connectivity index (χ3n) is 1.88. The summed E-state index contributed by atoms with van der Waals surface area (Å²) in [7, 11) is 0. The minimum Gasteiger partial charge on any atom is -0.375 e. The smallest absolute Gasteiger partial charge is 0.180 e. The standard InChI is InChI=1S/C8H10N2S/c9-8-10-5-7(11-8)6-3-1-2-4-6/h3,5H,1-2,4H2,(H2,9,10). The van der Waals surface area contributed by atoms with Crippen molar-refractivity contribution < 1.29 is 0 Å². The minimum absolute atomic E-state index is 0.674. The van der Waals surface area contributed by atoms with Gasteiger partial charge < -0.3 is 5.73 Å². The molecule has 3 heteroatoms. The Hall–Kier alpha value is -0.830. The van der Waals surface area contributed by atoms with Crippen molar-refractivity contribution in [2.75, 3.05) is 5.73 Å². The van der Waals surface area contributed by atoms with E-state index in [0.29, 0.717) is 5.13 Å². The first-order valence-electron chi connectivity index (χ1n) is 3.77. The van der Waals surface area contributed by atoms with E-state index in [1.165, 1.54) is 29.7 Å². The van der Waals surface area contributed by atoms with Gasteiger partial charge in [-0.2, -0.15) is 0 Å². The van der Waals surface area contributed by atoms with Gasteiger partial charge in [-0.05, 0) is 24.8 Å². The van der Waals surface area contributed by atoms with Crippen LogP contribution in [0.1, 0.15) is 24.1 Å². The highest BCUT2D eigenvalue weighted by Crippen LogP contribution is 2.31. The fourth-order valence-electron chi connectivity index (χ4n) is 1.33. The largest absolute Gasteiger partial charge is 0.375 e. The fourth-order valence-corrected chi connectivity index (χ4v) is 2.08.